The predicted octanol–water partition coefficient (Wildman–Crippen LogP) is 3.38. The molecule has 98 valence electrons. The highest BCUT2D eigenvalue weighted by atomic mass is 16.6. The fourth-order valence-electron chi connectivity index (χ4n) is 2.16. The van der Waals surface area contributed by atoms with Gasteiger partial charge in [0.2, 0.25) is 0 Å². The number of anilines is 1. The summed E-state index contributed by atoms with van der Waals surface area (Å²) in [5, 5.41) is 3.41. The van der Waals surface area contributed by atoms with E-state index in [2.05, 4.69) is 42.6 Å². The Balaban J connectivity index is 1.70. The summed E-state index contributed by atoms with van der Waals surface area (Å²) in [5.41, 5.74) is 3.58. The average molecular weight is 255 g/mol. The Morgan fingerprint density at radius 1 is 1.00 bits per heavy atom. The van der Waals surface area contributed by atoms with Crippen LogP contribution in [0.5, 0.6) is 11.5 Å². The minimum atomic E-state index is 0.627. The zero-order valence-electron chi connectivity index (χ0n) is 11.0. The molecule has 0 saturated heterocycles. The number of aryl methyl sites for hydroxylation is 1. The van der Waals surface area contributed by atoms with E-state index in [0.717, 1.165) is 23.7 Å². The number of hydrogen-bond acceptors (Lipinski definition) is 3. The van der Waals surface area contributed by atoms with Crippen LogP contribution in [0.1, 0.15) is 11.1 Å². The lowest BCUT2D eigenvalue weighted by atomic mass is 10.1. The molecular weight excluding hydrogens is 238 g/mol. The molecule has 1 aliphatic rings. The Labute approximate surface area is 113 Å². The molecule has 1 N–H and O–H groups in total. The lowest BCUT2D eigenvalue weighted by Crippen LogP contribution is -2.15. The van der Waals surface area contributed by atoms with Crippen molar-refractivity contribution in [3.05, 3.63) is 53.6 Å². The SMILES string of the molecule is Cc1cccc(NCc2ccc3c(c2)OCCO3)c1. The van der Waals surface area contributed by atoms with E-state index in [1.165, 1.54) is 11.1 Å². The van der Waals surface area contributed by atoms with Crippen LogP contribution in [-0.2, 0) is 6.54 Å². The van der Waals surface area contributed by atoms with Crippen molar-refractivity contribution in [3.63, 3.8) is 0 Å². The number of fused-ring (bicyclic) bond motifs is 1. The summed E-state index contributed by atoms with van der Waals surface area (Å²) in [7, 11) is 0. The zero-order valence-corrected chi connectivity index (χ0v) is 11.0. The molecule has 0 bridgehead atoms. The lowest BCUT2D eigenvalue weighted by Gasteiger charge is -2.19. The maximum absolute atomic E-state index is 5.58. The summed E-state index contributed by atoms with van der Waals surface area (Å²) in [6.07, 6.45) is 0. The zero-order chi connectivity index (χ0) is 13.1. The molecule has 0 radical (unpaired) electrons. The first-order valence-corrected chi connectivity index (χ1v) is 6.50. The van der Waals surface area contributed by atoms with Gasteiger partial charge in [-0.1, -0.05) is 18.2 Å². The monoisotopic (exact) mass is 255 g/mol. The van der Waals surface area contributed by atoms with Crippen LogP contribution in [0.3, 0.4) is 0 Å². The molecule has 3 heteroatoms. The van der Waals surface area contributed by atoms with Gasteiger partial charge in [0.05, 0.1) is 0 Å². The smallest absolute Gasteiger partial charge is 0.161 e. The van der Waals surface area contributed by atoms with Crippen molar-refractivity contribution in [2.75, 3.05) is 18.5 Å². The first kappa shape index (κ1) is 11.9. The topological polar surface area (TPSA) is 30.5 Å². The molecule has 0 saturated carbocycles. The van der Waals surface area contributed by atoms with Crippen molar-refractivity contribution in [3.8, 4) is 11.5 Å². The summed E-state index contributed by atoms with van der Waals surface area (Å²) in [4.78, 5) is 0. The van der Waals surface area contributed by atoms with Crippen molar-refractivity contribution in [1.29, 1.82) is 0 Å². The molecule has 1 aliphatic heterocycles. The molecule has 0 unspecified atom stereocenters. The number of benzene rings is 2. The first-order valence-electron chi connectivity index (χ1n) is 6.50. The van der Waals surface area contributed by atoms with Crippen molar-refractivity contribution in [1.82, 2.24) is 0 Å². The standard InChI is InChI=1S/C16H17NO2/c1-12-3-2-4-14(9-12)17-11-13-5-6-15-16(10-13)19-8-7-18-15/h2-6,9-10,17H,7-8,11H2,1H3. The molecule has 0 fully saturated rings. The third-order valence-corrected chi connectivity index (χ3v) is 3.12. The second-order valence-electron chi connectivity index (χ2n) is 4.70. The van der Waals surface area contributed by atoms with Crippen LogP contribution in [0.4, 0.5) is 5.69 Å². The molecule has 0 aliphatic carbocycles. The van der Waals surface area contributed by atoms with Crippen LogP contribution >= 0.6 is 0 Å². The van der Waals surface area contributed by atoms with E-state index in [9.17, 15) is 0 Å². The van der Waals surface area contributed by atoms with E-state index >= 15 is 0 Å². The highest BCUT2D eigenvalue weighted by Gasteiger charge is 2.11. The maximum Gasteiger partial charge on any atom is 0.161 e. The molecule has 3 rings (SSSR count). The second kappa shape index (κ2) is 5.22. The number of nitrogens with one attached hydrogen (secondary N) is 1. The van der Waals surface area contributed by atoms with Crippen LogP contribution in [-0.4, -0.2) is 13.2 Å². The Bertz CT molecular complexity index is 581. The summed E-state index contributed by atoms with van der Waals surface area (Å²) < 4.78 is 11.1. The molecule has 2 aromatic carbocycles. The summed E-state index contributed by atoms with van der Waals surface area (Å²) in [6, 6.07) is 14.4. The maximum atomic E-state index is 5.58. The quantitative estimate of drug-likeness (QED) is 0.912. The van der Waals surface area contributed by atoms with Gasteiger partial charge >= 0.3 is 0 Å². The third-order valence-electron chi connectivity index (χ3n) is 3.12. The van der Waals surface area contributed by atoms with E-state index < -0.39 is 0 Å². The van der Waals surface area contributed by atoms with Gasteiger partial charge in [0.25, 0.3) is 0 Å². The van der Waals surface area contributed by atoms with E-state index in [1.54, 1.807) is 0 Å². The highest BCUT2D eigenvalue weighted by molar-refractivity contribution is 5.48. The van der Waals surface area contributed by atoms with E-state index in [0.29, 0.717) is 13.2 Å². The first-order chi connectivity index (χ1) is 9.31. The van der Waals surface area contributed by atoms with E-state index in [4.69, 9.17) is 9.47 Å². The van der Waals surface area contributed by atoms with Crippen molar-refractivity contribution >= 4 is 5.69 Å². The van der Waals surface area contributed by atoms with Gasteiger partial charge in [-0.15, -0.1) is 0 Å². The molecule has 1 heterocycles. The van der Waals surface area contributed by atoms with Gasteiger partial charge in [-0.05, 0) is 42.3 Å². The minimum Gasteiger partial charge on any atom is -0.486 e. The Morgan fingerprint density at radius 2 is 1.84 bits per heavy atom. The Kier molecular flexibility index (Phi) is 3.27. The van der Waals surface area contributed by atoms with Gasteiger partial charge in [0.15, 0.2) is 11.5 Å². The Morgan fingerprint density at radius 3 is 2.68 bits per heavy atom. The van der Waals surface area contributed by atoms with Crippen molar-refractivity contribution in [2.45, 2.75) is 13.5 Å². The molecule has 0 spiro atoms. The molecule has 0 atom stereocenters. The Hall–Kier alpha value is -2.16. The number of ether oxygens (including phenoxy) is 2. The predicted molar refractivity (Wildman–Crippen MR) is 75.9 cm³/mol. The molecular formula is C16H17NO2. The van der Waals surface area contributed by atoms with E-state index in [1.807, 2.05) is 12.1 Å². The molecule has 3 nitrogen and oxygen atoms in total. The molecule has 0 amide bonds. The van der Waals surface area contributed by atoms with Gasteiger partial charge in [-0.25, -0.2) is 0 Å². The lowest BCUT2D eigenvalue weighted by molar-refractivity contribution is 0.171. The summed E-state index contributed by atoms with van der Waals surface area (Å²) in [6.45, 7) is 4.13. The highest BCUT2D eigenvalue weighted by Crippen LogP contribution is 2.30. The van der Waals surface area contributed by atoms with Crippen LogP contribution in [0, 0.1) is 6.92 Å². The summed E-state index contributed by atoms with van der Waals surface area (Å²) in [5.74, 6) is 1.68. The van der Waals surface area contributed by atoms with E-state index in [-0.39, 0.29) is 0 Å². The van der Waals surface area contributed by atoms with Crippen LogP contribution in [0.2, 0.25) is 0 Å². The summed E-state index contributed by atoms with van der Waals surface area (Å²) >= 11 is 0. The van der Waals surface area contributed by atoms with Gasteiger partial charge in [0, 0.05) is 12.2 Å². The fourth-order valence-corrected chi connectivity index (χ4v) is 2.16. The third kappa shape index (κ3) is 2.81. The number of rotatable bonds is 3. The largest absolute Gasteiger partial charge is 0.486 e. The molecule has 2 aromatic rings. The van der Waals surface area contributed by atoms with Gasteiger partial charge < -0.3 is 14.8 Å². The van der Waals surface area contributed by atoms with Gasteiger partial charge in [-0.2, -0.15) is 0 Å². The van der Waals surface area contributed by atoms with Crippen molar-refractivity contribution in [2.24, 2.45) is 0 Å². The molecule has 0 aromatic heterocycles. The fraction of sp³-hybridized carbons (Fsp3) is 0.250. The normalized spacial score (nSPS) is 13.1. The average Bonchev–Trinajstić information content (AvgIpc) is 2.45. The van der Waals surface area contributed by atoms with Crippen LogP contribution < -0.4 is 14.8 Å². The second-order valence-corrected chi connectivity index (χ2v) is 4.70. The molecule has 19 heavy (non-hydrogen) atoms. The van der Waals surface area contributed by atoms with Crippen LogP contribution in [0.15, 0.2) is 42.5 Å². The number of hydrogen-bond donors (Lipinski definition) is 1. The van der Waals surface area contributed by atoms with Gasteiger partial charge in [-0.3, -0.25) is 0 Å². The minimum absolute atomic E-state index is 0.627. The van der Waals surface area contributed by atoms with Crippen LogP contribution in [0.25, 0.3) is 0 Å². The van der Waals surface area contributed by atoms with Gasteiger partial charge in [0.1, 0.15) is 13.2 Å². The van der Waals surface area contributed by atoms with Crippen molar-refractivity contribution < 1.29 is 9.47 Å².